The van der Waals surface area contributed by atoms with Crippen molar-refractivity contribution in [2.75, 3.05) is 26.2 Å². The smallest absolute Gasteiger partial charge is 0.270 e. The van der Waals surface area contributed by atoms with Gasteiger partial charge in [-0.05, 0) is 51.2 Å². The highest BCUT2D eigenvalue weighted by Gasteiger charge is 2.15. The number of aromatic nitrogens is 1. The lowest BCUT2D eigenvalue weighted by Gasteiger charge is -2.30. The predicted octanol–water partition coefficient (Wildman–Crippen LogP) is 2.69. The van der Waals surface area contributed by atoms with Gasteiger partial charge in [0, 0.05) is 18.5 Å². The first-order chi connectivity index (χ1) is 10.2. The molecule has 5 nitrogen and oxygen atoms in total. The molecule has 2 heterocycles. The van der Waals surface area contributed by atoms with Gasteiger partial charge in [-0.2, -0.15) is 0 Å². The lowest BCUT2D eigenvalue weighted by Crippen LogP contribution is -2.34. The molecule has 0 unspecified atom stereocenters. The van der Waals surface area contributed by atoms with E-state index in [9.17, 15) is 4.79 Å². The van der Waals surface area contributed by atoms with Crippen LogP contribution in [0.15, 0.2) is 5.38 Å². The minimum atomic E-state index is -0.0854. The van der Waals surface area contributed by atoms with E-state index < -0.39 is 0 Å². The molecule has 1 aromatic heterocycles. The summed E-state index contributed by atoms with van der Waals surface area (Å²) in [6.07, 6.45) is 4.81. The fraction of sp³-hybridized carbons (Fsp3) is 0.733. The molecular formula is C15H28Cl2N4OS. The number of rotatable bonds is 7. The van der Waals surface area contributed by atoms with Crippen LogP contribution in [0.4, 0.5) is 0 Å². The number of nitrogens with two attached hydrogens (primary N) is 1. The third kappa shape index (κ3) is 7.81. The number of thiazole rings is 1. The van der Waals surface area contributed by atoms with E-state index >= 15 is 0 Å². The Hall–Kier alpha value is -0.400. The van der Waals surface area contributed by atoms with Gasteiger partial charge in [0.15, 0.2) is 0 Å². The number of nitrogens with zero attached hydrogens (tertiary/aromatic N) is 2. The second kappa shape index (κ2) is 12.0. The fourth-order valence-electron chi connectivity index (χ4n) is 2.55. The molecule has 0 saturated carbocycles. The molecular weight excluding hydrogens is 355 g/mol. The zero-order valence-electron chi connectivity index (χ0n) is 13.6. The van der Waals surface area contributed by atoms with Crippen molar-refractivity contribution in [1.82, 2.24) is 15.2 Å². The average molecular weight is 383 g/mol. The largest absolute Gasteiger partial charge is 0.351 e. The predicted molar refractivity (Wildman–Crippen MR) is 101 cm³/mol. The van der Waals surface area contributed by atoms with E-state index in [4.69, 9.17) is 5.73 Å². The van der Waals surface area contributed by atoms with E-state index in [0.29, 0.717) is 12.2 Å². The molecule has 1 aliphatic heterocycles. The lowest BCUT2D eigenvalue weighted by molar-refractivity contribution is 0.0947. The highest BCUT2D eigenvalue weighted by molar-refractivity contribution is 7.09. The Morgan fingerprint density at radius 3 is 2.70 bits per heavy atom. The van der Waals surface area contributed by atoms with Crippen LogP contribution in [0.5, 0.6) is 0 Å². The lowest BCUT2D eigenvalue weighted by atomic mass is 9.99. The van der Waals surface area contributed by atoms with Gasteiger partial charge in [0.2, 0.25) is 0 Å². The van der Waals surface area contributed by atoms with Crippen LogP contribution in [0.2, 0.25) is 0 Å². The van der Waals surface area contributed by atoms with E-state index in [1.165, 1.54) is 37.3 Å². The number of halogens is 2. The zero-order chi connectivity index (χ0) is 15.1. The summed E-state index contributed by atoms with van der Waals surface area (Å²) in [5.41, 5.74) is 5.99. The van der Waals surface area contributed by atoms with Crippen LogP contribution in [0.3, 0.4) is 0 Å². The number of piperidine rings is 1. The molecule has 0 atom stereocenters. The van der Waals surface area contributed by atoms with Crippen LogP contribution < -0.4 is 11.1 Å². The van der Waals surface area contributed by atoms with Gasteiger partial charge in [-0.1, -0.05) is 6.92 Å². The quantitative estimate of drug-likeness (QED) is 0.711. The summed E-state index contributed by atoms with van der Waals surface area (Å²) in [5, 5.41) is 5.50. The second-order valence-corrected chi connectivity index (χ2v) is 6.76. The first kappa shape index (κ1) is 22.6. The SMILES string of the molecule is CC1CCN(CCCCNC(=O)c2csc(CN)n2)CC1.Cl.Cl. The third-order valence-corrected chi connectivity index (χ3v) is 4.89. The van der Waals surface area contributed by atoms with Crippen LogP contribution in [0.1, 0.15) is 48.1 Å². The summed E-state index contributed by atoms with van der Waals surface area (Å²) in [4.78, 5) is 18.6. The Bertz CT molecular complexity index is 450. The maximum atomic E-state index is 11.9. The molecule has 1 fully saturated rings. The van der Waals surface area contributed by atoms with Gasteiger partial charge in [0.25, 0.3) is 5.91 Å². The van der Waals surface area contributed by atoms with E-state index in [0.717, 1.165) is 36.9 Å². The summed E-state index contributed by atoms with van der Waals surface area (Å²) in [7, 11) is 0. The van der Waals surface area contributed by atoms with Crippen molar-refractivity contribution >= 4 is 42.1 Å². The number of hydrogen-bond donors (Lipinski definition) is 2. The normalized spacial score (nSPS) is 15.6. The Kier molecular flexibility index (Phi) is 11.8. The highest BCUT2D eigenvalue weighted by Crippen LogP contribution is 2.16. The molecule has 1 aromatic rings. The van der Waals surface area contributed by atoms with Crippen LogP contribution in [0, 0.1) is 5.92 Å². The number of unbranched alkanes of at least 4 members (excludes halogenated alkanes) is 1. The van der Waals surface area contributed by atoms with E-state index in [1.807, 2.05) is 0 Å². The molecule has 3 N–H and O–H groups in total. The van der Waals surface area contributed by atoms with Crippen molar-refractivity contribution in [2.45, 2.75) is 39.2 Å². The Morgan fingerprint density at radius 1 is 1.39 bits per heavy atom. The minimum Gasteiger partial charge on any atom is -0.351 e. The van der Waals surface area contributed by atoms with Crippen molar-refractivity contribution in [3.05, 3.63) is 16.1 Å². The van der Waals surface area contributed by atoms with Gasteiger partial charge in [-0.25, -0.2) is 4.98 Å². The summed E-state index contributed by atoms with van der Waals surface area (Å²) in [6, 6.07) is 0. The second-order valence-electron chi connectivity index (χ2n) is 5.82. The van der Waals surface area contributed by atoms with Gasteiger partial charge in [0.05, 0.1) is 0 Å². The van der Waals surface area contributed by atoms with Crippen LogP contribution in [-0.4, -0.2) is 42.0 Å². The van der Waals surface area contributed by atoms with Crippen LogP contribution in [-0.2, 0) is 6.54 Å². The average Bonchev–Trinajstić information content (AvgIpc) is 2.98. The fourth-order valence-corrected chi connectivity index (χ4v) is 3.20. The van der Waals surface area contributed by atoms with Crippen molar-refractivity contribution in [1.29, 1.82) is 0 Å². The van der Waals surface area contributed by atoms with E-state index in [-0.39, 0.29) is 30.7 Å². The van der Waals surface area contributed by atoms with Gasteiger partial charge in [-0.3, -0.25) is 4.79 Å². The molecule has 8 heteroatoms. The molecule has 1 saturated heterocycles. The maximum absolute atomic E-state index is 11.9. The molecule has 0 spiro atoms. The summed E-state index contributed by atoms with van der Waals surface area (Å²) in [5.74, 6) is 0.801. The van der Waals surface area contributed by atoms with Crippen molar-refractivity contribution in [2.24, 2.45) is 11.7 Å². The number of hydrogen-bond acceptors (Lipinski definition) is 5. The molecule has 0 radical (unpaired) electrons. The first-order valence-corrected chi connectivity index (χ1v) is 8.72. The van der Waals surface area contributed by atoms with E-state index in [2.05, 4.69) is 22.1 Å². The van der Waals surface area contributed by atoms with Crippen molar-refractivity contribution in [3.8, 4) is 0 Å². The van der Waals surface area contributed by atoms with Gasteiger partial charge in [0.1, 0.15) is 10.7 Å². The monoisotopic (exact) mass is 382 g/mol. The molecule has 134 valence electrons. The topological polar surface area (TPSA) is 71.2 Å². The maximum Gasteiger partial charge on any atom is 0.270 e. The number of carbonyl (C=O) groups excluding carboxylic acids is 1. The standard InChI is InChI=1S/C15H26N4OS.2ClH/c1-12-4-8-19(9-5-12)7-3-2-6-17-15(20)13-11-21-14(10-16)18-13;;/h11-12H,2-10,16H2,1H3,(H,17,20);2*1H. The van der Waals surface area contributed by atoms with Crippen molar-refractivity contribution in [3.63, 3.8) is 0 Å². The van der Waals surface area contributed by atoms with Gasteiger partial charge < -0.3 is 16.0 Å². The first-order valence-electron chi connectivity index (χ1n) is 7.84. The minimum absolute atomic E-state index is 0. The number of likely N-dealkylation sites (tertiary alicyclic amines) is 1. The Balaban J connectivity index is 0.00000242. The molecule has 0 aliphatic carbocycles. The summed E-state index contributed by atoms with van der Waals surface area (Å²) >= 11 is 1.44. The molecule has 0 aromatic carbocycles. The number of amides is 1. The zero-order valence-corrected chi connectivity index (χ0v) is 16.1. The van der Waals surface area contributed by atoms with Gasteiger partial charge >= 0.3 is 0 Å². The van der Waals surface area contributed by atoms with E-state index in [1.54, 1.807) is 5.38 Å². The Labute approximate surface area is 155 Å². The van der Waals surface area contributed by atoms with Crippen LogP contribution in [0.25, 0.3) is 0 Å². The Morgan fingerprint density at radius 2 is 2.09 bits per heavy atom. The third-order valence-electron chi connectivity index (χ3n) is 4.02. The molecule has 2 rings (SSSR count). The molecule has 0 bridgehead atoms. The number of carbonyl (C=O) groups is 1. The molecule has 1 amide bonds. The van der Waals surface area contributed by atoms with Crippen LogP contribution >= 0.6 is 36.2 Å². The summed E-state index contributed by atoms with van der Waals surface area (Å²) < 4.78 is 0. The number of nitrogens with one attached hydrogen (secondary N) is 1. The van der Waals surface area contributed by atoms with Gasteiger partial charge in [-0.15, -0.1) is 36.2 Å². The molecule has 1 aliphatic rings. The highest BCUT2D eigenvalue weighted by atomic mass is 35.5. The van der Waals surface area contributed by atoms with Crippen molar-refractivity contribution < 1.29 is 4.79 Å². The summed E-state index contributed by atoms with van der Waals surface area (Å²) in [6.45, 7) is 7.06. The molecule has 23 heavy (non-hydrogen) atoms.